The van der Waals surface area contributed by atoms with E-state index in [9.17, 15) is 0 Å². The minimum atomic E-state index is 0.470. The van der Waals surface area contributed by atoms with Crippen LogP contribution >= 0.6 is 0 Å². The standard InChI is InChI=1S/C39H65N3/c1-21-2-5-26(20-39(21)30-9-6-25(16-30)38(39)42)33-18-29-19-35(33)32-11-8-24(37(29)41)7-10-31(32)34-17-28-15-27(34)13-22-3-4-23(12-22)14-36(28)40/h21-38H,2-20,40-42H2,1H3/t21?,22?,23?,24?,25-,26?,27-,28+,29-,30+,31?,32?,33?,34?,35+,36+,37+,38-,39-/m1/s1. The summed E-state index contributed by atoms with van der Waals surface area (Å²) in [5.74, 6) is 13.7. The molecule has 19 atom stereocenters. The molecular formula is C39H65N3. The first kappa shape index (κ1) is 28.1. The van der Waals surface area contributed by atoms with Crippen LogP contribution in [0.4, 0.5) is 0 Å². The van der Waals surface area contributed by atoms with E-state index in [0.717, 1.165) is 88.8 Å². The molecule has 236 valence electrons. The van der Waals surface area contributed by atoms with Gasteiger partial charge in [-0.3, -0.25) is 0 Å². The van der Waals surface area contributed by atoms with Gasteiger partial charge in [0.2, 0.25) is 0 Å². The van der Waals surface area contributed by atoms with E-state index in [1.807, 2.05) is 0 Å². The summed E-state index contributed by atoms with van der Waals surface area (Å²) < 4.78 is 0. The predicted octanol–water partition coefficient (Wildman–Crippen LogP) is 7.75. The van der Waals surface area contributed by atoms with Crippen molar-refractivity contribution in [2.45, 2.75) is 147 Å². The quantitative estimate of drug-likeness (QED) is 0.315. The lowest BCUT2D eigenvalue weighted by atomic mass is 9.52. The van der Waals surface area contributed by atoms with Crippen molar-refractivity contribution in [1.29, 1.82) is 0 Å². The molecule has 10 bridgehead atoms. The average molecular weight is 576 g/mol. The number of nitrogens with two attached hydrogens (primary N) is 3. The minimum absolute atomic E-state index is 0.470. The van der Waals surface area contributed by atoms with E-state index >= 15 is 0 Å². The first-order valence-electron chi connectivity index (χ1n) is 19.7. The summed E-state index contributed by atoms with van der Waals surface area (Å²) in [5, 5.41) is 0. The largest absolute Gasteiger partial charge is 0.327 e. The Hall–Kier alpha value is -0.120. The SMILES string of the molecule is CC1CCC(C2C[C@@H]3C[C@H]2C2CCC(CCC2C2C[C@@H]4C[C@H]2CC2CCC(C2)C[C@@H]4N)[C@@H]3N)C[C@]12[C@H]1CC[C@H](C1)[C@H]2N. The maximum atomic E-state index is 7.30. The van der Waals surface area contributed by atoms with Gasteiger partial charge in [0.05, 0.1) is 0 Å². The van der Waals surface area contributed by atoms with E-state index in [1.54, 1.807) is 6.42 Å². The van der Waals surface area contributed by atoms with E-state index in [0.29, 0.717) is 23.5 Å². The molecule has 0 radical (unpaired) electrons. The molecule has 9 fully saturated rings. The molecule has 0 saturated heterocycles. The van der Waals surface area contributed by atoms with Gasteiger partial charge in [0.1, 0.15) is 0 Å². The van der Waals surface area contributed by atoms with E-state index in [-0.39, 0.29) is 0 Å². The van der Waals surface area contributed by atoms with Crippen molar-refractivity contribution >= 4 is 0 Å². The van der Waals surface area contributed by atoms with E-state index in [4.69, 9.17) is 17.2 Å². The van der Waals surface area contributed by atoms with Gasteiger partial charge in [-0.1, -0.05) is 19.8 Å². The third-order valence-electron chi connectivity index (χ3n) is 17.9. The summed E-state index contributed by atoms with van der Waals surface area (Å²) in [6, 6.07) is 1.44. The zero-order valence-electron chi connectivity index (χ0n) is 27.1. The van der Waals surface area contributed by atoms with Crippen LogP contribution in [0.25, 0.3) is 0 Å². The molecule has 3 heteroatoms. The lowest BCUT2D eigenvalue weighted by Gasteiger charge is -2.54. The highest BCUT2D eigenvalue weighted by atomic mass is 14.8. The van der Waals surface area contributed by atoms with Crippen molar-refractivity contribution in [1.82, 2.24) is 0 Å². The summed E-state index contributed by atoms with van der Waals surface area (Å²) in [6.07, 6.45) is 27.9. The summed E-state index contributed by atoms with van der Waals surface area (Å²) in [7, 11) is 0. The van der Waals surface area contributed by atoms with Gasteiger partial charge >= 0.3 is 0 Å². The van der Waals surface area contributed by atoms with Crippen molar-refractivity contribution in [3.05, 3.63) is 0 Å². The van der Waals surface area contributed by atoms with Gasteiger partial charge in [-0.25, -0.2) is 0 Å². The molecule has 0 aromatic carbocycles. The molecule has 9 saturated carbocycles. The Morgan fingerprint density at radius 2 is 1.12 bits per heavy atom. The Morgan fingerprint density at radius 1 is 0.452 bits per heavy atom. The summed E-state index contributed by atoms with van der Waals surface area (Å²) in [5.41, 5.74) is 22.1. The zero-order chi connectivity index (χ0) is 28.3. The molecule has 42 heavy (non-hydrogen) atoms. The number of fused-ring (bicyclic) bond motifs is 13. The highest BCUT2D eigenvalue weighted by Crippen LogP contribution is 2.67. The van der Waals surface area contributed by atoms with Crippen LogP contribution in [0.2, 0.25) is 0 Å². The van der Waals surface area contributed by atoms with Gasteiger partial charge in [-0.15, -0.1) is 0 Å². The van der Waals surface area contributed by atoms with Crippen LogP contribution in [0.3, 0.4) is 0 Å². The van der Waals surface area contributed by atoms with Crippen LogP contribution in [0.5, 0.6) is 0 Å². The van der Waals surface area contributed by atoms with Gasteiger partial charge in [-0.05, 0) is 203 Å². The molecule has 0 aliphatic heterocycles. The second-order valence-electron chi connectivity index (χ2n) is 19.1. The third kappa shape index (κ3) is 4.19. The number of hydrogen-bond acceptors (Lipinski definition) is 3. The van der Waals surface area contributed by atoms with Crippen LogP contribution in [0.15, 0.2) is 0 Å². The van der Waals surface area contributed by atoms with Crippen molar-refractivity contribution in [3.8, 4) is 0 Å². The highest BCUT2D eigenvalue weighted by molar-refractivity contribution is 5.14. The Morgan fingerprint density at radius 3 is 1.90 bits per heavy atom. The molecule has 9 unspecified atom stereocenters. The number of hydrogen-bond donors (Lipinski definition) is 3. The first-order chi connectivity index (χ1) is 20.4. The summed E-state index contributed by atoms with van der Waals surface area (Å²) in [6.45, 7) is 2.61. The molecular weight excluding hydrogens is 510 g/mol. The van der Waals surface area contributed by atoms with Crippen LogP contribution in [-0.2, 0) is 0 Å². The van der Waals surface area contributed by atoms with E-state index in [1.165, 1.54) is 116 Å². The Labute approximate surface area is 258 Å². The molecule has 0 aromatic heterocycles. The predicted molar refractivity (Wildman–Crippen MR) is 172 cm³/mol. The fourth-order valence-corrected chi connectivity index (χ4v) is 16.1. The molecule has 9 aliphatic rings. The average Bonchev–Trinajstić information content (AvgIpc) is 3.80. The Balaban J connectivity index is 1.02. The topological polar surface area (TPSA) is 78.1 Å². The number of rotatable bonds is 2. The lowest BCUT2D eigenvalue weighted by molar-refractivity contribution is -0.0332. The Kier molecular flexibility index (Phi) is 7.00. The van der Waals surface area contributed by atoms with E-state index < -0.39 is 0 Å². The maximum absolute atomic E-state index is 7.30. The Bertz CT molecular complexity index is 1010. The molecule has 0 amide bonds. The fourth-order valence-electron chi connectivity index (χ4n) is 16.1. The lowest BCUT2D eigenvalue weighted by Crippen LogP contribution is -2.54. The van der Waals surface area contributed by atoms with Crippen molar-refractivity contribution in [2.24, 2.45) is 111 Å². The summed E-state index contributed by atoms with van der Waals surface area (Å²) >= 11 is 0. The maximum Gasteiger partial charge on any atom is 0.0129 e. The van der Waals surface area contributed by atoms with Crippen LogP contribution in [0.1, 0.15) is 129 Å². The van der Waals surface area contributed by atoms with Crippen molar-refractivity contribution in [2.75, 3.05) is 0 Å². The minimum Gasteiger partial charge on any atom is -0.327 e. The van der Waals surface area contributed by atoms with Crippen molar-refractivity contribution in [3.63, 3.8) is 0 Å². The third-order valence-corrected chi connectivity index (χ3v) is 17.9. The fraction of sp³-hybridized carbons (Fsp3) is 1.00. The van der Waals surface area contributed by atoms with Crippen LogP contribution in [-0.4, -0.2) is 18.1 Å². The summed E-state index contributed by atoms with van der Waals surface area (Å²) in [4.78, 5) is 0. The molecule has 9 aliphatic carbocycles. The van der Waals surface area contributed by atoms with Crippen molar-refractivity contribution < 1.29 is 0 Å². The van der Waals surface area contributed by atoms with Crippen LogP contribution < -0.4 is 17.2 Å². The normalized spacial score (nSPS) is 62.0. The van der Waals surface area contributed by atoms with Gasteiger partial charge < -0.3 is 17.2 Å². The second kappa shape index (κ2) is 10.4. The van der Waals surface area contributed by atoms with Gasteiger partial charge in [0.25, 0.3) is 0 Å². The molecule has 0 heterocycles. The highest BCUT2D eigenvalue weighted by Gasteiger charge is 2.62. The van der Waals surface area contributed by atoms with Gasteiger partial charge in [0.15, 0.2) is 0 Å². The monoisotopic (exact) mass is 576 g/mol. The van der Waals surface area contributed by atoms with E-state index in [2.05, 4.69) is 6.92 Å². The second-order valence-corrected chi connectivity index (χ2v) is 19.1. The molecule has 9 rings (SSSR count). The van der Waals surface area contributed by atoms with Crippen LogP contribution in [0, 0.1) is 94.2 Å². The molecule has 3 nitrogen and oxygen atoms in total. The van der Waals surface area contributed by atoms with Gasteiger partial charge in [-0.2, -0.15) is 0 Å². The smallest absolute Gasteiger partial charge is 0.0129 e. The molecule has 6 N–H and O–H groups in total. The first-order valence-corrected chi connectivity index (χ1v) is 19.7. The molecule has 0 aromatic rings. The zero-order valence-corrected chi connectivity index (χ0v) is 27.1. The van der Waals surface area contributed by atoms with Gasteiger partial charge in [0, 0.05) is 18.1 Å². The molecule has 1 spiro atoms.